The summed E-state index contributed by atoms with van der Waals surface area (Å²) in [4.78, 5) is 0. The van der Waals surface area contributed by atoms with Crippen molar-refractivity contribution in [2.75, 3.05) is 6.61 Å². The molecule has 1 aliphatic rings. The largest absolute Gasteiger partial charge is 0.365 e. The molecule has 13 heavy (non-hydrogen) atoms. The Morgan fingerprint density at radius 2 is 2.00 bits per heavy atom. The molecule has 1 aromatic rings. The molecule has 2 heteroatoms. The lowest BCUT2D eigenvalue weighted by Crippen LogP contribution is -1.94. The monoisotopic (exact) mass is 194 g/mol. The molecule has 2 rings (SSSR count). The third-order valence-corrected chi connectivity index (χ3v) is 2.38. The van der Waals surface area contributed by atoms with Gasteiger partial charge in [-0.2, -0.15) is 0 Å². The van der Waals surface area contributed by atoms with Crippen LogP contribution in [0.2, 0.25) is 5.02 Å². The van der Waals surface area contributed by atoms with Crippen molar-refractivity contribution in [3.8, 4) is 0 Å². The predicted octanol–water partition coefficient (Wildman–Crippen LogP) is 3.36. The second-order valence-corrected chi connectivity index (χ2v) is 3.73. The summed E-state index contributed by atoms with van der Waals surface area (Å²) in [6, 6.07) is 7.79. The van der Waals surface area contributed by atoms with Crippen LogP contribution in [0.3, 0.4) is 0 Å². The molecule has 0 bridgehead atoms. The summed E-state index contributed by atoms with van der Waals surface area (Å²) in [6.45, 7) is 2.82. The first-order valence-electron chi connectivity index (χ1n) is 4.30. The van der Waals surface area contributed by atoms with E-state index in [-0.39, 0.29) is 6.10 Å². The van der Waals surface area contributed by atoms with Gasteiger partial charge in [-0.25, -0.2) is 0 Å². The predicted molar refractivity (Wildman–Crippen MR) is 53.9 cm³/mol. The molecule has 1 aliphatic heterocycles. The fraction of sp³-hybridized carbons (Fsp3) is 0.273. The van der Waals surface area contributed by atoms with E-state index in [0.29, 0.717) is 0 Å². The molecule has 1 nitrogen and oxygen atoms in total. The Balaban J connectivity index is 2.22. The minimum Gasteiger partial charge on any atom is -0.365 e. The van der Waals surface area contributed by atoms with Crippen LogP contribution in [0.25, 0.3) is 0 Å². The van der Waals surface area contributed by atoms with Crippen LogP contribution in [0.15, 0.2) is 35.9 Å². The summed E-state index contributed by atoms with van der Waals surface area (Å²) in [6.07, 6.45) is 2.26. The first kappa shape index (κ1) is 8.79. The lowest BCUT2D eigenvalue weighted by Gasteiger charge is -2.07. The van der Waals surface area contributed by atoms with Crippen molar-refractivity contribution in [2.45, 2.75) is 13.0 Å². The average Bonchev–Trinajstić information content (AvgIpc) is 2.53. The average molecular weight is 195 g/mol. The van der Waals surface area contributed by atoms with Crippen molar-refractivity contribution in [1.29, 1.82) is 0 Å². The standard InChI is InChI=1S/C11H11ClO/c1-8-6-11(13-7-8)9-2-4-10(12)5-3-9/h2-6,11H,7H2,1H3. The summed E-state index contributed by atoms with van der Waals surface area (Å²) >= 11 is 5.79. The highest BCUT2D eigenvalue weighted by Gasteiger charge is 2.14. The summed E-state index contributed by atoms with van der Waals surface area (Å²) < 4.78 is 5.56. The molecule has 1 atom stereocenters. The van der Waals surface area contributed by atoms with Crippen LogP contribution in [0.4, 0.5) is 0 Å². The molecular weight excluding hydrogens is 184 g/mol. The number of ether oxygens (including phenoxy) is 1. The second-order valence-electron chi connectivity index (χ2n) is 3.30. The number of rotatable bonds is 1. The second kappa shape index (κ2) is 3.52. The maximum absolute atomic E-state index is 5.79. The summed E-state index contributed by atoms with van der Waals surface area (Å²) in [5, 5.41) is 0.766. The van der Waals surface area contributed by atoms with Gasteiger partial charge in [0.2, 0.25) is 0 Å². The molecule has 1 heterocycles. The van der Waals surface area contributed by atoms with E-state index in [4.69, 9.17) is 16.3 Å². The molecule has 0 aliphatic carbocycles. The molecule has 68 valence electrons. The molecule has 0 spiro atoms. The molecule has 1 unspecified atom stereocenters. The summed E-state index contributed by atoms with van der Waals surface area (Å²) in [5.74, 6) is 0. The minimum atomic E-state index is 0.122. The number of benzene rings is 1. The van der Waals surface area contributed by atoms with Gasteiger partial charge in [0.25, 0.3) is 0 Å². The van der Waals surface area contributed by atoms with Gasteiger partial charge < -0.3 is 4.74 Å². The Bertz CT molecular complexity index is 326. The van der Waals surface area contributed by atoms with Gasteiger partial charge in [0.1, 0.15) is 6.10 Å². The molecule has 0 amide bonds. The quantitative estimate of drug-likeness (QED) is 0.623. The Morgan fingerprint density at radius 1 is 1.31 bits per heavy atom. The summed E-state index contributed by atoms with van der Waals surface area (Å²) in [7, 11) is 0. The van der Waals surface area contributed by atoms with Crippen molar-refractivity contribution in [1.82, 2.24) is 0 Å². The van der Waals surface area contributed by atoms with Crippen molar-refractivity contribution < 1.29 is 4.74 Å². The number of hydrogen-bond donors (Lipinski definition) is 0. The van der Waals surface area contributed by atoms with E-state index >= 15 is 0 Å². The van der Waals surface area contributed by atoms with Gasteiger partial charge in [-0.3, -0.25) is 0 Å². The smallest absolute Gasteiger partial charge is 0.101 e. The van der Waals surface area contributed by atoms with Gasteiger partial charge in [-0.1, -0.05) is 29.8 Å². The van der Waals surface area contributed by atoms with Crippen LogP contribution in [0, 0.1) is 0 Å². The minimum absolute atomic E-state index is 0.122. The van der Waals surface area contributed by atoms with Crippen LogP contribution in [-0.4, -0.2) is 6.61 Å². The lowest BCUT2D eigenvalue weighted by atomic mass is 10.1. The fourth-order valence-electron chi connectivity index (χ4n) is 1.42. The van der Waals surface area contributed by atoms with E-state index in [2.05, 4.69) is 13.0 Å². The first-order chi connectivity index (χ1) is 6.25. The third-order valence-electron chi connectivity index (χ3n) is 2.12. The molecule has 0 aromatic heterocycles. The highest BCUT2D eigenvalue weighted by atomic mass is 35.5. The van der Waals surface area contributed by atoms with Crippen molar-refractivity contribution in [3.63, 3.8) is 0 Å². The Morgan fingerprint density at radius 3 is 2.54 bits per heavy atom. The van der Waals surface area contributed by atoms with E-state index in [1.54, 1.807) is 0 Å². The SMILES string of the molecule is CC1=CC(c2ccc(Cl)cc2)OC1. The summed E-state index contributed by atoms with van der Waals surface area (Å²) in [5.41, 5.74) is 2.46. The third kappa shape index (κ3) is 1.93. The van der Waals surface area contributed by atoms with E-state index in [9.17, 15) is 0 Å². The Labute approximate surface area is 83.0 Å². The van der Waals surface area contributed by atoms with E-state index in [1.807, 2.05) is 24.3 Å². The topological polar surface area (TPSA) is 9.23 Å². The highest BCUT2D eigenvalue weighted by molar-refractivity contribution is 6.30. The van der Waals surface area contributed by atoms with Gasteiger partial charge in [0, 0.05) is 5.02 Å². The molecule has 0 saturated carbocycles. The zero-order valence-corrected chi connectivity index (χ0v) is 8.21. The first-order valence-corrected chi connectivity index (χ1v) is 4.68. The Kier molecular flexibility index (Phi) is 2.38. The molecular formula is C11H11ClO. The van der Waals surface area contributed by atoms with E-state index in [1.165, 1.54) is 11.1 Å². The van der Waals surface area contributed by atoms with Crippen LogP contribution in [-0.2, 0) is 4.74 Å². The maximum atomic E-state index is 5.79. The van der Waals surface area contributed by atoms with Gasteiger partial charge in [-0.05, 0) is 30.2 Å². The zero-order chi connectivity index (χ0) is 9.26. The van der Waals surface area contributed by atoms with Crippen molar-refractivity contribution >= 4 is 11.6 Å². The van der Waals surface area contributed by atoms with Crippen LogP contribution >= 0.6 is 11.6 Å². The van der Waals surface area contributed by atoms with Crippen molar-refractivity contribution in [3.05, 3.63) is 46.5 Å². The highest BCUT2D eigenvalue weighted by Crippen LogP contribution is 2.27. The maximum Gasteiger partial charge on any atom is 0.101 e. The fourth-order valence-corrected chi connectivity index (χ4v) is 1.55. The zero-order valence-electron chi connectivity index (χ0n) is 7.46. The normalized spacial score (nSPS) is 21.7. The number of halogens is 1. The molecule has 0 fully saturated rings. The van der Waals surface area contributed by atoms with Crippen LogP contribution in [0.5, 0.6) is 0 Å². The molecule has 1 aromatic carbocycles. The van der Waals surface area contributed by atoms with E-state index in [0.717, 1.165) is 11.6 Å². The lowest BCUT2D eigenvalue weighted by molar-refractivity contribution is 0.126. The van der Waals surface area contributed by atoms with Gasteiger partial charge in [0.05, 0.1) is 6.61 Å². The van der Waals surface area contributed by atoms with Gasteiger partial charge in [0.15, 0.2) is 0 Å². The van der Waals surface area contributed by atoms with Crippen LogP contribution in [0.1, 0.15) is 18.6 Å². The van der Waals surface area contributed by atoms with Gasteiger partial charge >= 0.3 is 0 Å². The number of hydrogen-bond acceptors (Lipinski definition) is 1. The van der Waals surface area contributed by atoms with Gasteiger partial charge in [-0.15, -0.1) is 0 Å². The van der Waals surface area contributed by atoms with E-state index < -0.39 is 0 Å². The van der Waals surface area contributed by atoms with Crippen molar-refractivity contribution in [2.24, 2.45) is 0 Å². The Hall–Kier alpha value is -0.790. The molecule has 0 N–H and O–H groups in total. The molecule has 0 radical (unpaired) electrons. The molecule has 0 saturated heterocycles. The van der Waals surface area contributed by atoms with Crippen LogP contribution < -0.4 is 0 Å².